The van der Waals surface area contributed by atoms with Crippen LogP contribution in [0.3, 0.4) is 0 Å². The van der Waals surface area contributed by atoms with Crippen molar-refractivity contribution in [1.82, 2.24) is 0 Å². The summed E-state index contributed by atoms with van der Waals surface area (Å²) in [5.41, 5.74) is 7.87. The van der Waals surface area contributed by atoms with E-state index in [1.807, 2.05) is 0 Å². The Morgan fingerprint density at radius 1 is 1.12 bits per heavy atom. The van der Waals surface area contributed by atoms with Crippen LogP contribution in [0.15, 0.2) is 5.11 Å². The van der Waals surface area contributed by atoms with Gasteiger partial charge in [0.15, 0.2) is 0 Å². The summed E-state index contributed by atoms with van der Waals surface area (Å²) >= 11 is 0. The average molecular weight is 217 g/mol. The predicted octanol–water partition coefficient (Wildman–Crippen LogP) is 1.81. The number of aliphatic hydroxyl groups is 1. The fourth-order valence-corrected chi connectivity index (χ4v) is 7.08. The fourth-order valence-electron chi connectivity index (χ4n) is 7.08. The summed E-state index contributed by atoms with van der Waals surface area (Å²) in [5, 5.41) is 14.6. The zero-order chi connectivity index (χ0) is 10.7. The van der Waals surface area contributed by atoms with Crippen LogP contribution in [0.1, 0.15) is 12.8 Å². The van der Waals surface area contributed by atoms with Crippen LogP contribution in [0.5, 0.6) is 0 Å². The van der Waals surface area contributed by atoms with E-state index in [4.69, 9.17) is 5.53 Å². The molecule has 0 aromatic carbocycles. The Hall–Kier alpha value is -0.730. The largest absolute Gasteiger partial charge is 0.389 e. The summed E-state index contributed by atoms with van der Waals surface area (Å²) in [6.45, 7) is 0.332. The number of azide groups is 1. The van der Waals surface area contributed by atoms with Crippen LogP contribution in [-0.2, 0) is 0 Å². The van der Waals surface area contributed by atoms with Crippen molar-refractivity contribution in [3.63, 3.8) is 0 Å². The Morgan fingerprint density at radius 3 is 2.69 bits per heavy atom. The van der Waals surface area contributed by atoms with Crippen LogP contribution < -0.4 is 0 Å². The van der Waals surface area contributed by atoms with Gasteiger partial charge in [0.05, 0.1) is 12.1 Å². The van der Waals surface area contributed by atoms with Crippen LogP contribution in [0, 0.1) is 47.3 Å². The first-order chi connectivity index (χ1) is 7.77. The van der Waals surface area contributed by atoms with Crippen LogP contribution in [0.4, 0.5) is 0 Å². The molecule has 4 heteroatoms. The molecule has 4 nitrogen and oxygen atoms in total. The molecule has 5 saturated carbocycles. The molecule has 0 amide bonds. The van der Waals surface area contributed by atoms with Gasteiger partial charge in [-0.05, 0) is 65.7 Å². The zero-order valence-electron chi connectivity index (χ0n) is 9.03. The van der Waals surface area contributed by atoms with Gasteiger partial charge in [0.1, 0.15) is 0 Å². The van der Waals surface area contributed by atoms with Gasteiger partial charge in [0.2, 0.25) is 0 Å². The van der Waals surface area contributed by atoms with Gasteiger partial charge in [0.25, 0.3) is 0 Å². The highest BCUT2D eigenvalue weighted by Gasteiger charge is 2.84. The summed E-state index contributed by atoms with van der Waals surface area (Å²) in [4.78, 5) is 2.85. The second-order valence-corrected chi connectivity index (χ2v) is 6.71. The molecule has 1 N–H and O–H groups in total. The highest BCUT2D eigenvalue weighted by atomic mass is 16.3. The van der Waals surface area contributed by atoms with Crippen LogP contribution >= 0.6 is 0 Å². The molecule has 9 atom stereocenters. The third kappa shape index (κ3) is 0.550. The first kappa shape index (κ1) is 8.37. The van der Waals surface area contributed by atoms with Crippen molar-refractivity contribution in [2.75, 3.05) is 6.54 Å². The molecule has 0 aromatic heterocycles. The van der Waals surface area contributed by atoms with Gasteiger partial charge in [-0.1, -0.05) is 5.11 Å². The minimum absolute atomic E-state index is 0.332. The number of rotatable bonds is 2. The first-order valence-electron chi connectivity index (χ1n) is 6.50. The Kier molecular flexibility index (Phi) is 1.12. The maximum atomic E-state index is 10.9. The third-order valence-corrected chi connectivity index (χ3v) is 6.91. The van der Waals surface area contributed by atoms with E-state index >= 15 is 0 Å². The van der Waals surface area contributed by atoms with Gasteiger partial charge in [0, 0.05) is 4.91 Å². The molecular weight excluding hydrogens is 202 g/mol. The standard InChI is InChI=1S/C12H15N3O/c13-15-14-3-12(16)10-5-2-6-8-4(5)1-7(10)9(8)11(6)12/h4-11,16H,1-3H2/t4-,5+,6+,7-,8-,9-,10+,11-,12-/m0/s1. The van der Waals surface area contributed by atoms with Gasteiger partial charge in [-0.2, -0.15) is 0 Å². The highest BCUT2D eigenvalue weighted by molar-refractivity contribution is 5.32. The summed E-state index contributed by atoms with van der Waals surface area (Å²) in [7, 11) is 0. The van der Waals surface area contributed by atoms with E-state index < -0.39 is 5.60 Å². The lowest BCUT2D eigenvalue weighted by Gasteiger charge is -2.51. The van der Waals surface area contributed by atoms with Crippen LogP contribution in [-0.4, -0.2) is 17.3 Å². The molecule has 5 aliphatic carbocycles. The van der Waals surface area contributed by atoms with E-state index in [1.165, 1.54) is 12.8 Å². The number of hydrogen-bond donors (Lipinski definition) is 1. The normalized spacial score (nSPS) is 70.8. The third-order valence-electron chi connectivity index (χ3n) is 6.91. The molecule has 0 unspecified atom stereocenters. The lowest BCUT2D eigenvalue weighted by atomic mass is 9.56. The van der Waals surface area contributed by atoms with Crippen molar-refractivity contribution in [3.8, 4) is 0 Å². The molecule has 0 radical (unpaired) electrons. The lowest BCUT2D eigenvalue weighted by Crippen LogP contribution is -2.55. The van der Waals surface area contributed by atoms with Crippen molar-refractivity contribution in [1.29, 1.82) is 0 Å². The molecule has 2 bridgehead atoms. The van der Waals surface area contributed by atoms with Crippen molar-refractivity contribution < 1.29 is 5.11 Å². The van der Waals surface area contributed by atoms with E-state index in [0.717, 1.165) is 35.5 Å². The minimum Gasteiger partial charge on any atom is -0.389 e. The summed E-state index contributed by atoms with van der Waals surface area (Å²) in [6, 6.07) is 0. The number of nitrogens with zero attached hydrogens (tertiary/aromatic N) is 3. The predicted molar refractivity (Wildman–Crippen MR) is 56.1 cm³/mol. The summed E-state index contributed by atoms with van der Waals surface area (Å²) in [6.07, 6.45) is 2.74. The van der Waals surface area contributed by atoms with E-state index in [-0.39, 0.29) is 0 Å². The van der Waals surface area contributed by atoms with Gasteiger partial charge in [-0.25, -0.2) is 0 Å². The Morgan fingerprint density at radius 2 is 1.88 bits per heavy atom. The van der Waals surface area contributed by atoms with Crippen molar-refractivity contribution in [2.45, 2.75) is 18.4 Å². The highest BCUT2D eigenvalue weighted by Crippen LogP contribution is 2.85. The molecule has 5 rings (SSSR count). The Balaban J connectivity index is 1.67. The van der Waals surface area contributed by atoms with Crippen molar-refractivity contribution in [3.05, 3.63) is 10.4 Å². The smallest absolute Gasteiger partial charge is 0.0771 e. The second kappa shape index (κ2) is 2.14. The van der Waals surface area contributed by atoms with Gasteiger partial charge < -0.3 is 5.11 Å². The van der Waals surface area contributed by atoms with Gasteiger partial charge >= 0.3 is 0 Å². The molecular formula is C12H15N3O. The van der Waals surface area contributed by atoms with Crippen LogP contribution in [0.2, 0.25) is 0 Å². The minimum atomic E-state index is -0.614. The van der Waals surface area contributed by atoms with E-state index in [2.05, 4.69) is 10.0 Å². The maximum Gasteiger partial charge on any atom is 0.0771 e. The molecule has 16 heavy (non-hydrogen) atoms. The van der Waals surface area contributed by atoms with E-state index in [1.54, 1.807) is 0 Å². The fraction of sp³-hybridized carbons (Fsp3) is 1.00. The summed E-state index contributed by atoms with van der Waals surface area (Å²) in [5.74, 6) is 5.99. The molecule has 0 aromatic rings. The van der Waals surface area contributed by atoms with E-state index in [9.17, 15) is 5.11 Å². The molecule has 0 saturated heterocycles. The molecule has 0 spiro atoms. The monoisotopic (exact) mass is 217 g/mol. The molecule has 5 aliphatic rings. The van der Waals surface area contributed by atoms with Crippen molar-refractivity contribution >= 4 is 0 Å². The van der Waals surface area contributed by atoms with Gasteiger partial charge in [-0.15, -0.1) is 0 Å². The molecule has 0 aliphatic heterocycles. The lowest BCUT2D eigenvalue weighted by molar-refractivity contribution is -0.123. The van der Waals surface area contributed by atoms with Gasteiger partial charge in [-0.3, -0.25) is 0 Å². The quantitative estimate of drug-likeness (QED) is 0.427. The first-order valence-corrected chi connectivity index (χ1v) is 6.50. The Bertz CT molecular complexity index is 440. The number of fused-ring (bicyclic) bond motifs is 2. The average Bonchev–Trinajstić information content (AvgIpc) is 2.73. The van der Waals surface area contributed by atoms with Crippen LogP contribution in [0.25, 0.3) is 10.4 Å². The molecule has 0 heterocycles. The second-order valence-electron chi connectivity index (χ2n) is 6.71. The summed E-state index contributed by atoms with van der Waals surface area (Å²) < 4.78 is 0. The zero-order valence-corrected chi connectivity index (χ0v) is 9.03. The maximum absolute atomic E-state index is 10.9. The number of hydrogen-bond acceptors (Lipinski definition) is 2. The Labute approximate surface area is 93.7 Å². The van der Waals surface area contributed by atoms with Crippen molar-refractivity contribution in [2.24, 2.45) is 52.5 Å². The topological polar surface area (TPSA) is 69.0 Å². The molecule has 5 fully saturated rings. The van der Waals surface area contributed by atoms with E-state index in [0.29, 0.717) is 18.4 Å². The molecule has 84 valence electrons. The SMILES string of the molecule is [N-]=[N+]=NC[C@]1(O)[C@@H]2[C@@H]3C[C@@H]4[C@@H]5[C@H]3C[C@H]2[C@@H]5[C@H]41.